The molecular formula is C20H18N4O. The molecule has 0 bridgehead atoms. The Morgan fingerprint density at radius 2 is 1.84 bits per heavy atom. The number of carbonyl (C=O) groups is 1. The summed E-state index contributed by atoms with van der Waals surface area (Å²) in [5.41, 5.74) is 4.56. The number of amides is 1. The second kappa shape index (κ2) is 6.65. The topological polar surface area (TPSA) is 73.6 Å². The van der Waals surface area contributed by atoms with Gasteiger partial charge < -0.3 is 10.3 Å². The van der Waals surface area contributed by atoms with Crippen molar-refractivity contribution in [2.75, 3.05) is 6.54 Å². The highest BCUT2D eigenvalue weighted by atomic mass is 16.1. The van der Waals surface area contributed by atoms with E-state index in [-0.39, 0.29) is 5.91 Å². The zero-order valence-corrected chi connectivity index (χ0v) is 13.6. The average molecular weight is 330 g/mol. The zero-order chi connectivity index (χ0) is 17.1. The molecule has 2 aromatic carbocycles. The summed E-state index contributed by atoms with van der Waals surface area (Å²) in [6.07, 6.45) is 4.35. The molecule has 2 heterocycles. The lowest BCUT2D eigenvalue weighted by Crippen LogP contribution is -2.25. The van der Waals surface area contributed by atoms with Crippen molar-refractivity contribution in [1.29, 1.82) is 0 Å². The van der Waals surface area contributed by atoms with Crippen molar-refractivity contribution in [2.45, 2.75) is 6.42 Å². The molecule has 0 unspecified atom stereocenters. The van der Waals surface area contributed by atoms with E-state index in [1.54, 1.807) is 6.20 Å². The number of para-hydroxylation sites is 1. The molecule has 0 radical (unpaired) electrons. The first-order chi connectivity index (χ1) is 12.3. The number of nitrogens with zero attached hydrogens (tertiary/aromatic N) is 1. The molecule has 25 heavy (non-hydrogen) atoms. The smallest absolute Gasteiger partial charge is 0.255 e. The van der Waals surface area contributed by atoms with Gasteiger partial charge in [0.25, 0.3) is 5.91 Å². The average Bonchev–Trinajstić information content (AvgIpc) is 3.30. The first-order valence-electron chi connectivity index (χ1n) is 8.25. The second-order valence-electron chi connectivity index (χ2n) is 5.89. The van der Waals surface area contributed by atoms with Gasteiger partial charge in [-0.3, -0.25) is 9.89 Å². The van der Waals surface area contributed by atoms with E-state index in [1.807, 2.05) is 48.7 Å². The van der Waals surface area contributed by atoms with Gasteiger partial charge in [0, 0.05) is 29.2 Å². The molecule has 0 spiro atoms. The summed E-state index contributed by atoms with van der Waals surface area (Å²) in [6.45, 7) is 0.570. The van der Waals surface area contributed by atoms with Gasteiger partial charge >= 0.3 is 0 Å². The quantitative estimate of drug-likeness (QED) is 0.524. The molecule has 4 aromatic rings. The van der Waals surface area contributed by atoms with Crippen molar-refractivity contribution >= 4 is 16.8 Å². The van der Waals surface area contributed by atoms with Gasteiger partial charge in [-0.2, -0.15) is 5.10 Å². The summed E-state index contributed by atoms with van der Waals surface area (Å²) in [5.74, 6) is -0.118. The minimum atomic E-state index is -0.118. The van der Waals surface area contributed by atoms with Crippen molar-refractivity contribution in [1.82, 2.24) is 20.5 Å². The van der Waals surface area contributed by atoms with Crippen LogP contribution in [0.25, 0.3) is 22.2 Å². The molecule has 1 amide bonds. The maximum atomic E-state index is 12.5. The van der Waals surface area contributed by atoms with E-state index in [0.29, 0.717) is 12.1 Å². The fourth-order valence-corrected chi connectivity index (χ4v) is 3.03. The third-order valence-electron chi connectivity index (χ3n) is 4.30. The third-order valence-corrected chi connectivity index (χ3v) is 4.30. The molecule has 0 saturated carbocycles. The number of H-pyrrole nitrogens is 2. The van der Waals surface area contributed by atoms with Gasteiger partial charge in [-0.15, -0.1) is 0 Å². The maximum Gasteiger partial charge on any atom is 0.255 e. The lowest BCUT2D eigenvalue weighted by molar-refractivity contribution is 0.0955. The highest BCUT2D eigenvalue weighted by Crippen LogP contribution is 2.21. The molecule has 0 aliphatic carbocycles. The Hall–Kier alpha value is -3.34. The van der Waals surface area contributed by atoms with Gasteiger partial charge in [-0.25, -0.2) is 0 Å². The van der Waals surface area contributed by atoms with Crippen LogP contribution < -0.4 is 5.32 Å². The normalized spacial score (nSPS) is 10.9. The minimum absolute atomic E-state index is 0.118. The van der Waals surface area contributed by atoms with Crippen LogP contribution in [0.3, 0.4) is 0 Å². The molecule has 5 nitrogen and oxygen atoms in total. The van der Waals surface area contributed by atoms with Crippen LogP contribution in [0.15, 0.2) is 67.0 Å². The van der Waals surface area contributed by atoms with E-state index in [2.05, 4.69) is 32.6 Å². The van der Waals surface area contributed by atoms with Crippen LogP contribution >= 0.6 is 0 Å². The lowest BCUT2D eigenvalue weighted by atomic mass is 10.1. The van der Waals surface area contributed by atoms with E-state index in [0.717, 1.165) is 23.2 Å². The van der Waals surface area contributed by atoms with Crippen LogP contribution in [0, 0.1) is 0 Å². The van der Waals surface area contributed by atoms with E-state index in [1.165, 1.54) is 10.9 Å². The molecule has 3 N–H and O–H groups in total. The minimum Gasteiger partial charge on any atom is -0.361 e. The van der Waals surface area contributed by atoms with Crippen molar-refractivity contribution in [2.24, 2.45) is 0 Å². The van der Waals surface area contributed by atoms with E-state index < -0.39 is 0 Å². The lowest BCUT2D eigenvalue weighted by Gasteiger charge is -2.06. The molecule has 0 saturated heterocycles. The van der Waals surface area contributed by atoms with E-state index >= 15 is 0 Å². The summed E-state index contributed by atoms with van der Waals surface area (Å²) in [4.78, 5) is 15.8. The van der Waals surface area contributed by atoms with Crippen molar-refractivity contribution in [3.63, 3.8) is 0 Å². The van der Waals surface area contributed by atoms with Crippen LogP contribution in [0.1, 0.15) is 15.9 Å². The molecule has 0 fully saturated rings. The predicted octanol–water partition coefficient (Wildman–Crippen LogP) is 3.53. The summed E-state index contributed by atoms with van der Waals surface area (Å²) in [7, 11) is 0. The Morgan fingerprint density at radius 1 is 1.04 bits per heavy atom. The number of hydrogen-bond acceptors (Lipinski definition) is 2. The fourth-order valence-electron chi connectivity index (χ4n) is 3.03. The zero-order valence-electron chi connectivity index (χ0n) is 13.6. The third kappa shape index (κ3) is 3.04. The van der Waals surface area contributed by atoms with Crippen molar-refractivity contribution in [3.05, 3.63) is 78.1 Å². The number of benzene rings is 2. The van der Waals surface area contributed by atoms with Gasteiger partial charge in [0.05, 0.1) is 17.5 Å². The van der Waals surface area contributed by atoms with Gasteiger partial charge in [0.1, 0.15) is 0 Å². The first-order valence-corrected chi connectivity index (χ1v) is 8.25. The molecule has 0 aliphatic rings. The Bertz CT molecular complexity index is 1000. The second-order valence-corrected chi connectivity index (χ2v) is 5.89. The number of aromatic amines is 2. The highest BCUT2D eigenvalue weighted by Gasteiger charge is 2.14. The maximum absolute atomic E-state index is 12.5. The van der Waals surface area contributed by atoms with E-state index in [9.17, 15) is 4.79 Å². The molecule has 124 valence electrons. The van der Waals surface area contributed by atoms with Gasteiger partial charge in [0.15, 0.2) is 0 Å². The van der Waals surface area contributed by atoms with Crippen LogP contribution in [-0.4, -0.2) is 27.6 Å². The Labute approximate surface area is 145 Å². The van der Waals surface area contributed by atoms with Crippen LogP contribution in [-0.2, 0) is 6.42 Å². The summed E-state index contributed by atoms with van der Waals surface area (Å²) in [6, 6.07) is 17.9. The summed E-state index contributed by atoms with van der Waals surface area (Å²) < 4.78 is 0. The standard InChI is InChI=1S/C20H18N4O/c25-20(17-13-23-24-19(17)14-6-2-1-3-7-14)21-11-10-15-12-22-18-9-5-4-8-16(15)18/h1-9,12-13,22H,10-11H2,(H,21,25)(H,23,24). The number of aromatic nitrogens is 3. The van der Waals surface area contributed by atoms with Crippen molar-refractivity contribution in [3.8, 4) is 11.3 Å². The van der Waals surface area contributed by atoms with Crippen LogP contribution in [0.2, 0.25) is 0 Å². The van der Waals surface area contributed by atoms with Crippen molar-refractivity contribution < 1.29 is 4.79 Å². The van der Waals surface area contributed by atoms with Crippen LogP contribution in [0.4, 0.5) is 0 Å². The fraction of sp³-hybridized carbons (Fsp3) is 0.100. The number of nitrogens with one attached hydrogen (secondary N) is 3. The predicted molar refractivity (Wildman–Crippen MR) is 98.4 cm³/mol. The number of rotatable bonds is 5. The first kappa shape index (κ1) is 15.2. The van der Waals surface area contributed by atoms with Gasteiger partial charge in [0.2, 0.25) is 0 Å². The van der Waals surface area contributed by atoms with Gasteiger partial charge in [-0.05, 0) is 18.1 Å². The monoisotopic (exact) mass is 330 g/mol. The Morgan fingerprint density at radius 3 is 2.72 bits per heavy atom. The SMILES string of the molecule is O=C(NCCc1c[nH]c2ccccc12)c1cn[nH]c1-c1ccccc1. The van der Waals surface area contributed by atoms with Gasteiger partial charge in [-0.1, -0.05) is 48.5 Å². The van der Waals surface area contributed by atoms with E-state index in [4.69, 9.17) is 0 Å². The summed E-state index contributed by atoms with van der Waals surface area (Å²) >= 11 is 0. The molecule has 5 heteroatoms. The summed E-state index contributed by atoms with van der Waals surface area (Å²) in [5, 5.41) is 11.1. The molecule has 4 rings (SSSR count). The molecular weight excluding hydrogens is 312 g/mol. The Kier molecular flexibility index (Phi) is 4.04. The Balaban J connectivity index is 1.44. The largest absolute Gasteiger partial charge is 0.361 e. The number of carbonyl (C=O) groups excluding carboxylic acids is 1. The molecule has 0 atom stereocenters. The molecule has 0 aliphatic heterocycles. The number of hydrogen-bond donors (Lipinski definition) is 3. The highest BCUT2D eigenvalue weighted by molar-refractivity contribution is 5.99. The van der Waals surface area contributed by atoms with Crippen LogP contribution in [0.5, 0.6) is 0 Å². The molecule has 2 aromatic heterocycles. The number of fused-ring (bicyclic) bond motifs is 1.